The van der Waals surface area contributed by atoms with Gasteiger partial charge in [0.2, 0.25) is 15.9 Å². The van der Waals surface area contributed by atoms with Gasteiger partial charge in [0.25, 0.3) is 0 Å². The molecule has 0 bridgehead atoms. The summed E-state index contributed by atoms with van der Waals surface area (Å²) in [7, 11) is -4.17. The van der Waals surface area contributed by atoms with Crippen molar-refractivity contribution in [3.05, 3.63) is 28.2 Å². The topological polar surface area (TPSA) is 75.3 Å². The van der Waals surface area contributed by atoms with E-state index < -0.39 is 26.6 Å². The Hall–Kier alpha value is -1.06. The second-order valence-electron chi connectivity index (χ2n) is 3.80. The molecule has 1 rings (SSSR count). The molecule has 20 heavy (non-hydrogen) atoms. The van der Waals surface area contributed by atoms with Gasteiger partial charge in [-0.25, -0.2) is 21.9 Å². The highest BCUT2D eigenvalue weighted by molar-refractivity contribution is 9.10. The van der Waals surface area contributed by atoms with E-state index in [2.05, 4.69) is 26.0 Å². The fourth-order valence-electron chi connectivity index (χ4n) is 1.44. The molecule has 0 unspecified atom stereocenters. The number of nitrogens with one attached hydrogen (secondary N) is 2. The van der Waals surface area contributed by atoms with Gasteiger partial charge in [-0.1, -0.05) is 0 Å². The van der Waals surface area contributed by atoms with E-state index in [1.807, 2.05) is 0 Å². The SMILES string of the molecule is CCNC(=O)CCNS(=O)(=O)c1c(F)cc(F)cc1Br. The third-order valence-corrected chi connectivity index (χ3v) is 4.67. The minimum Gasteiger partial charge on any atom is -0.356 e. The van der Waals surface area contributed by atoms with Crippen LogP contribution in [-0.4, -0.2) is 27.4 Å². The lowest BCUT2D eigenvalue weighted by molar-refractivity contribution is -0.120. The van der Waals surface area contributed by atoms with Gasteiger partial charge in [-0.05, 0) is 28.9 Å². The van der Waals surface area contributed by atoms with Gasteiger partial charge in [0.05, 0.1) is 0 Å². The number of carbonyl (C=O) groups excluding carboxylic acids is 1. The van der Waals surface area contributed by atoms with Crippen LogP contribution in [0.4, 0.5) is 8.78 Å². The van der Waals surface area contributed by atoms with E-state index in [0.717, 1.165) is 6.07 Å². The maximum Gasteiger partial charge on any atom is 0.244 e. The molecule has 0 saturated carbocycles. The average molecular weight is 371 g/mol. The molecule has 1 aromatic carbocycles. The molecule has 0 aromatic heterocycles. The Morgan fingerprint density at radius 1 is 1.35 bits per heavy atom. The Balaban J connectivity index is 2.82. The van der Waals surface area contributed by atoms with Gasteiger partial charge in [0.1, 0.15) is 16.5 Å². The van der Waals surface area contributed by atoms with Crippen LogP contribution in [0.5, 0.6) is 0 Å². The van der Waals surface area contributed by atoms with Gasteiger partial charge in [0.15, 0.2) is 0 Å². The maximum atomic E-state index is 13.5. The number of hydrogen-bond donors (Lipinski definition) is 2. The zero-order valence-corrected chi connectivity index (χ0v) is 12.9. The standard InChI is InChI=1S/C11H13BrF2N2O3S/c1-2-15-10(17)3-4-16-20(18,19)11-8(12)5-7(13)6-9(11)14/h5-6,16H,2-4H2,1H3,(H,15,17). The van der Waals surface area contributed by atoms with Crippen LogP contribution in [0.2, 0.25) is 0 Å². The molecule has 0 aliphatic carbocycles. The van der Waals surface area contributed by atoms with Crippen LogP contribution in [0, 0.1) is 11.6 Å². The van der Waals surface area contributed by atoms with Crippen molar-refractivity contribution in [2.24, 2.45) is 0 Å². The van der Waals surface area contributed by atoms with E-state index in [1.165, 1.54) is 0 Å². The Morgan fingerprint density at radius 3 is 2.55 bits per heavy atom. The molecular weight excluding hydrogens is 358 g/mol. The van der Waals surface area contributed by atoms with Gasteiger partial charge in [-0.15, -0.1) is 0 Å². The van der Waals surface area contributed by atoms with E-state index in [-0.39, 0.29) is 23.3 Å². The van der Waals surface area contributed by atoms with E-state index in [1.54, 1.807) is 6.92 Å². The summed E-state index contributed by atoms with van der Waals surface area (Å²) in [6, 6.07) is 1.32. The molecule has 5 nitrogen and oxygen atoms in total. The normalized spacial score (nSPS) is 11.4. The van der Waals surface area contributed by atoms with Gasteiger partial charge < -0.3 is 5.32 Å². The van der Waals surface area contributed by atoms with Crippen molar-refractivity contribution in [1.82, 2.24) is 10.0 Å². The minimum absolute atomic E-state index is 0.0759. The quantitative estimate of drug-likeness (QED) is 0.797. The maximum absolute atomic E-state index is 13.5. The van der Waals surface area contributed by atoms with Gasteiger partial charge in [0, 0.05) is 30.0 Å². The first-order valence-corrected chi connectivity index (χ1v) is 7.96. The fraction of sp³-hybridized carbons (Fsp3) is 0.364. The predicted octanol–water partition coefficient (Wildman–Crippen LogP) is 1.53. The first kappa shape index (κ1) is 17.0. The summed E-state index contributed by atoms with van der Waals surface area (Å²) < 4.78 is 52.1. The highest BCUT2D eigenvalue weighted by Gasteiger charge is 2.23. The summed E-state index contributed by atoms with van der Waals surface area (Å²) in [5.74, 6) is -2.42. The van der Waals surface area contributed by atoms with Gasteiger partial charge in [-0.3, -0.25) is 4.79 Å². The molecule has 9 heteroatoms. The predicted molar refractivity (Wildman–Crippen MR) is 72.5 cm³/mol. The van der Waals surface area contributed by atoms with E-state index >= 15 is 0 Å². The summed E-state index contributed by atoms with van der Waals surface area (Å²) >= 11 is 2.80. The number of halogens is 3. The van der Waals surface area contributed by atoms with Crippen LogP contribution in [0.25, 0.3) is 0 Å². The number of carbonyl (C=O) groups is 1. The number of benzene rings is 1. The lowest BCUT2D eigenvalue weighted by atomic mass is 10.3. The summed E-state index contributed by atoms with van der Waals surface area (Å²) in [5.41, 5.74) is 0. The second-order valence-corrected chi connectivity index (χ2v) is 6.36. The van der Waals surface area contributed by atoms with Crippen LogP contribution in [0.1, 0.15) is 13.3 Å². The van der Waals surface area contributed by atoms with Crippen molar-refractivity contribution >= 4 is 31.9 Å². The summed E-state index contributed by atoms with van der Waals surface area (Å²) in [5, 5.41) is 2.50. The molecule has 0 fully saturated rings. The number of rotatable bonds is 6. The Morgan fingerprint density at radius 2 is 2.00 bits per heavy atom. The zero-order chi connectivity index (χ0) is 15.3. The third kappa shape index (κ3) is 4.50. The lowest BCUT2D eigenvalue weighted by Crippen LogP contribution is -2.31. The molecule has 0 spiro atoms. The largest absolute Gasteiger partial charge is 0.356 e. The zero-order valence-electron chi connectivity index (χ0n) is 10.5. The highest BCUT2D eigenvalue weighted by atomic mass is 79.9. The minimum atomic E-state index is -4.17. The Bertz CT molecular complexity index is 585. The highest BCUT2D eigenvalue weighted by Crippen LogP contribution is 2.25. The number of sulfonamides is 1. The molecule has 112 valence electrons. The first-order chi connectivity index (χ1) is 9.27. The monoisotopic (exact) mass is 370 g/mol. The third-order valence-electron chi connectivity index (χ3n) is 2.25. The molecule has 2 N–H and O–H groups in total. The summed E-state index contributed by atoms with van der Waals surface area (Å²) in [4.78, 5) is 10.5. The Labute approximate surface area is 123 Å². The van der Waals surface area contributed by atoms with Crippen molar-refractivity contribution in [3.8, 4) is 0 Å². The van der Waals surface area contributed by atoms with Gasteiger partial charge >= 0.3 is 0 Å². The van der Waals surface area contributed by atoms with Gasteiger partial charge in [-0.2, -0.15) is 0 Å². The molecule has 0 atom stereocenters. The number of amides is 1. The molecule has 1 amide bonds. The molecule has 0 heterocycles. The fourth-order valence-corrected chi connectivity index (χ4v) is 3.64. The first-order valence-electron chi connectivity index (χ1n) is 5.69. The smallest absolute Gasteiger partial charge is 0.244 e. The van der Waals surface area contributed by atoms with Crippen molar-refractivity contribution < 1.29 is 22.0 Å². The van der Waals surface area contributed by atoms with Crippen LogP contribution in [0.3, 0.4) is 0 Å². The molecule has 0 aliphatic heterocycles. The lowest BCUT2D eigenvalue weighted by Gasteiger charge is -2.09. The average Bonchev–Trinajstić information content (AvgIpc) is 2.26. The van der Waals surface area contributed by atoms with Crippen LogP contribution >= 0.6 is 15.9 Å². The van der Waals surface area contributed by atoms with Crippen LogP contribution in [0.15, 0.2) is 21.5 Å². The van der Waals surface area contributed by atoms with E-state index in [9.17, 15) is 22.0 Å². The van der Waals surface area contributed by atoms with Crippen molar-refractivity contribution in [1.29, 1.82) is 0 Å². The summed E-state index contributed by atoms with van der Waals surface area (Å²) in [6.45, 7) is 1.98. The van der Waals surface area contributed by atoms with Crippen molar-refractivity contribution in [2.75, 3.05) is 13.1 Å². The van der Waals surface area contributed by atoms with E-state index in [4.69, 9.17) is 0 Å². The molecular formula is C11H13BrF2N2O3S. The molecule has 0 saturated heterocycles. The van der Waals surface area contributed by atoms with Crippen LogP contribution in [-0.2, 0) is 14.8 Å². The van der Waals surface area contributed by atoms with Crippen molar-refractivity contribution in [3.63, 3.8) is 0 Å². The second kappa shape index (κ2) is 7.09. The van der Waals surface area contributed by atoms with Crippen LogP contribution < -0.4 is 10.0 Å². The van der Waals surface area contributed by atoms with Crippen molar-refractivity contribution in [2.45, 2.75) is 18.2 Å². The van der Waals surface area contributed by atoms with E-state index in [0.29, 0.717) is 12.6 Å². The molecule has 0 radical (unpaired) electrons. The molecule has 1 aromatic rings. The summed E-state index contributed by atoms with van der Waals surface area (Å²) in [6.07, 6.45) is -0.0759. The number of hydrogen-bond acceptors (Lipinski definition) is 3. The molecule has 0 aliphatic rings. The Kier molecular flexibility index (Phi) is 6.03.